The van der Waals surface area contributed by atoms with Crippen LogP contribution in [0.25, 0.3) is 0 Å². The predicted molar refractivity (Wildman–Crippen MR) is 76.1 cm³/mol. The summed E-state index contributed by atoms with van der Waals surface area (Å²) in [4.78, 5) is 29.8. The van der Waals surface area contributed by atoms with E-state index < -0.39 is 0 Å². The predicted octanol–water partition coefficient (Wildman–Crippen LogP) is 1.98. The van der Waals surface area contributed by atoms with Gasteiger partial charge in [-0.3, -0.25) is 4.79 Å². The molecule has 0 unspecified atom stereocenters. The van der Waals surface area contributed by atoms with Crippen LogP contribution in [0.2, 0.25) is 0 Å². The van der Waals surface area contributed by atoms with Crippen LogP contribution in [0.1, 0.15) is 38.3 Å². The fraction of sp³-hybridized carbons (Fsp3) is 0.429. The van der Waals surface area contributed by atoms with Crippen molar-refractivity contribution in [3.63, 3.8) is 0 Å². The summed E-state index contributed by atoms with van der Waals surface area (Å²) in [5, 5.41) is 0. The van der Waals surface area contributed by atoms with Crippen LogP contribution < -0.4 is 10.5 Å². The lowest BCUT2D eigenvalue weighted by Crippen LogP contribution is -2.30. The van der Waals surface area contributed by atoms with Gasteiger partial charge >= 0.3 is 0 Å². The molecule has 2 heterocycles. The normalized spacial score (nSPS) is 14.6. The van der Waals surface area contributed by atoms with Crippen molar-refractivity contribution in [2.45, 2.75) is 38.6 Å². The van der Waals surface area contributed by atoms with E-state index in [2.05, 4.69) is 19.9 Å². The largest absolute Gasteiger partial charge is 0.311 e. The van der Waals surface area contributed by atoms with Crippen LogP contribution in [0.15, 0.2) is 29.6 Å². The second-order valence-electron chi connectivity index (χ2n) is 5.27. The molecule has 0 aliphatic heterocycles. The van der Waals surface area contributed by atoms with Crippen LogP contribution in [0.4, 0.5) is 11.6 Å². The van der Waals surface area contributed by atoms with Gasteiger partial charge in [0, 0.05) is 18.4 Å². The minimum absolute atomic E-state index is 0.136. The van der Waals surface area contributed by atoms with Crippen molar-refractivity contribution in [2.24, 2.45) is 0 Å². The quantitative estimate of drug-likeness (QED) is 0.920. The maximum atomic E-state index is 12.3. The Bertz CT molecular complexity index is 648. The molecule has 1 N–H and O–H groups in total. The first kappa shape index (κ1) is 12.8. The molecular formula is C14H17N5O. The molecule has 0 atom stereocenters. The van der Waals surface area contributed by atoms with Crippen LogP contribution in [0.3, 0.4) is 0 Å². The summed E-state index contributed by atoms with van der Waals surface area (Å²) in [5.74, 6) is 0.729. The van der Waals surface area contributed by atoms with Crippen LogP contribution in [0, 0.1) is 0 Å². The van der Waals surface area contributed by atoms with Crippen molar-refractivity contribution >= 4 is 11.6 Å². The van der Waals surface area contributed by atoms with E-state index in [0.717, 1.165) is 18.5 Å². The molecule has 20 heavy (non-hydrogen) atoms. The van der Waals surface area contributed by atoms with E-state index in [1.807, 2.05) is 18.7 Å². The van der Waals surface area contributed by atoms with Crippen LogP contribution in [0.5, 0.6) is 0 Å². The van der Waals surface area contributed by atoms with Crippen molar-refractivity contribution in [2.75, 3.05) is 4.90 Å². The van der Waals surface area contributed by atoms with Gasteiger partial charge in [-0.1, -0.05) is 13.8 Å². The highest BCUT2D eigenvalue weighted by Gasteiger charge is 2.35. The highest BCUT2D eigenvalue weighted by molar-refractivity contribution is 5.61. The zero-order valence-corrected chi connectivity index (χ0v) is 11.6. The van der Waals surface area contributed by atoms with E-state index in [9.17, 15) is 4.79 Å². The first-order valence-corrected chi connectivity index (χ1v) is 6.82. The fourth-order valence-electron chi connectivity index (χ4n) is 2.26. The summed E-state index contributed by atoms with van der Waals surface area (Å²) in [6.07, 6.45) is 6.93. The number of hydrogen-bond donors (Lipinski definition) is 1. The van der Waals surface area contributed by atoms with Crippen molar-refractivity contribution in [3.05, 3.63) is 40.8 Å². The Balaban J connectivity index is 2.16. The third-order valence-electron chi connectivity index (χ3n) is 3.32. The lowest BCUT2D eigenvalue weighted by atomic mass is 10.1. The second kappa shape index (κ2) is 5.03. The zero-order chi connectivity index (χ0) is 14.1. The number of aromatic amines is 1. The molecule has 3 rings (SSSR count). The van der Waals surface area contributed by atoms with Crippen molar-refractivity contribution in [1.29, 1.82) is 0 Å². The Morgan fingerprint density at radius 2 is 1.95 bits per heavy atom. The Morgan fingerprint density at radius 3 is 2.55 bits per heavy atom. The standard InChI is InChI=1S/C14H17N5O/c1-9(2)11-12(13(20)18-8-17-11)19(10-4-5-10)14-15-6-3-7-16-14/h3,6-10H,4-5H2,1-2H3,(H,17,18,20). The topological polar surface area (TPSA) is 74.8 Å². The maximum absolute atomic E-state index is 12.3. The second-order valence-corrected chi connectivity index (χ2v) is 5.27. The fourth-order valence-corrected chi connectivity index (χ4v) is 2.26. The number of anilines is 2. The zero-order valence-electron chi connectivity index (χ0n) is 11.6. The third kappa shape index (κ3) is 2.29. The summed E-state index contributed by atoms with van der Waals surface area (Å²) >= 11 is 0. The highest BCUT2D eigenvalue weighted by atomic mass is 16.1. The first-order valence-electron chi connectivity index (χ1n) is 6.82. The van der Waals surface area contributed by atoms with Crippen molar-refractivity contribution in [1.82, 2.24) is 19.9 Å². The SMILES string of the molecule is CC(C)c1nc[nH]c(=O)c1N(c1ncccn1)C1CC1. The van der Waals surface area contributed by atoms with Crippen LogP contribution >= 0.6 is 0 Å². The summed E-state index contributed by atoms with van der Waals surface area (Å²) in [5.41, 5.74) is 1.23. The van der Waals surface area contributed by atoms with E-state index >= 15 is 0 Å². The van der Waals surface area contributed by atoms with Gasteiger partial charge < -0.3 is 9.88 Å². The van der Waals surface area contributed by atoms with Crippen molar-refractivity contribution in [3.8, 4) is 0 Å². The lowest BCUT2D eigenvalue weighted by Gasteiger charge is -2.24. The van der Waals surface area contributed by atoms with E-state index in [0.29, 0.717) is 17.7 Å². The van der Waals surface area contributed by atoms with Gasteiger partial charge in [0.05, 0.1) is 12.0 Å². The first-order chi connectivity index (χ1) is 9.68. The Morgan fingerprint density at radius 1 is 1.25 bits per heavy atom. The maximum Gasteiger partial charge on any atom is 0.275 e. The molecule has 0 saturated heterocycles. The van der Waals surface area contributed by atoms with Gasteiger partial charge in [-0.05, 0) is 24.8 Å². The molecule has 0 aromatic carbocycles. The molecule has 1 fully saturated rings. The summed E-state index contributed by atoms with van der Waals surface area (Å²) in [6, 6.07) is 2.06. The molecule has 6 heteroatoms. The molecule has 0 radical (unpaired) electrons. The number of aromatic nitrogens is 4. The number of nitrogens with one attached hydrogen (secondary N) is 1. The molecule has 1 saturated carbocycles. The van der Waals surface area contributed by atoms with E-state index in [1.54, 1.807) is 18.5 Å². The number of nitrogens with zero attached hydrogens (tertiary/aromatic N) is 4. The van der Waals surface area contributed by atoms with Gasteiger partial charge in [-0.15, -0.1) is 0 Å². The van der Waals surface area contributed by atoms with Gasteiger partial charge in [-0.25, -0.2) is 15.0 Å². The number of hydrogen-bond acceptors (Lipinski definition) is 5. The molecule has 6 nitrogen and oxygen atoms in total. The van der Waals surface area contributed by atoms with Crippen LogP contribution in [-0.4, -0.2) is 26.0 Å². The monoisotopic (exact) mass is 271 g/mol. The average Bonchev–Trinajstić information content (AvgIpc) is 3.26. The number of H-pyrrole nitrogens is 1. The number of rotatable bonds is 4. The summed E-state index contributed by atoms with van der Waals surface area (Å²) in [7, 11) is 0. The minimum atomic E-state index is -0.136. The van der Waals surface area contributed by atoms with Gasteiger partial charge in [0.25, 0.3) is 5.56 Å². The minimum Gasteiger partial charge on any atom is -0.311 e. The lowest BCUT2D eigenvalue weighted by molar-refractivity contribution is 0.784. The molecule has 1 aliphatic carbocycles. The Hall–Kier alpha value is -2.24. The highest BCUT2D eigenvalue weighted by Crippen LogP contribution is 2.37. The molecule has 0 bridgehead atoms. The van der Waals surface area contributed by atoms with Gasteiger partial charge in [0.15, 0.2) is 0 Å². The third-order valence-corrected chi connectivity index (χ3v) is 3.32. The van der Waals surface area contributed by atoms with Crippen molar-refractivity contribution < 1.29 is 0 Å². The smallest absolute Gasteiger partial charge is 0.275 e. The van der Waals surface area contributed by atoms with E-state index in [4.69, 9.17) is 0 Å². The van der Waals surface area contributed by atoms with E-state index in [-0.39, 0.29) is 11.5 Å². The van der Waals surface area contributed by atoms with Gasteiger partial charge in [-0.2, -0.15) is 0 Å². The average molecular weight is 271 g/mol. The molecular weight excluding hydrogens is 254 g/mol. The van der Waals surface area contributed by atoms with Crippen LogP contribution in [-0.2, 0) is 0 Å². The van der Waals surface area contributed by atoms with Gasteiger partial charge in [0.1, 0.15) is 5.69 Å². The summed E-state index contributed by atoms with van der Waals surface area (Å²) < 4.78 is 0. The molecule has 0 amide bonds. The molecule has 2 aromatic heterocycles. The summed E-state index contributed by atoms with van der Waals surface area (Å²) in [6.45, 7) is 4.06. The molecule has 2 aromatic rings. The van der Waals surface area contributed by atoms with Gasteiger partial charge in [0.2, 0.25) is 5.95 Å². The van der Waals surface area contributed by atoms with E-state index in [1.165, 1.54) is 6.33 Å². The molecule has 104 valence electrons. The molecule has 0 spiro atoms. The molecule has 1 aliphatic rings. The Labute approximate surface area is 116 Å². The Kier molecular flexibility index (Phi) is 3.22.